The van der Waals surface area contributed by atoms with E-state index in [0.717, 1.165) is 0 Å². The van der Waals surface area contributed by atoms with Crippen molar-refractivity contribution in [3.05, 3.63) is 0 Å². The van der Waals surface area contributed by atoms with Gasteiger partial charge in [0.05, 0.1) is 0 Å². The van der Waals surface area contributed by atoms with Crippen molar-refractivity contribution < 1.29 is 0 Å². The van der Waals surface area contributed by atoms with Crippen LogP contribution in [-0.4, -0.2) is 42.6 Å². The Labute approximate surface area is 86.2 Å². The molecular weight excluding hydrogens is 180 g/mol. The highest BCUT2D eigenvalue weighted by Crippen LogP contribution is 2.10. The Morgan fingerprint density at radius 1 is 1.31 bits per heavy atom. The first kappa shape index (κ1) is 11.3. The van der Waals surface area contributed by atoms with Crippen LogP contribution in [-0.2, 0) is 0 Å². The molecule has 0 amide bonds. The zero-order valence-electron chi connectivity index (χ0n) is 8.67. The summed E-state index contributed by atoms with van der Waals surface area (Å²) in [7, 11) is 0. The lowest BCUT2D eigenvalue weighted by Crippen LogP contribution is -2.33. The standard InChI is InChI=1S/C10H22N2S/c1-13-9-8-12-6-2-4-10(11)5-3-7-12/h10H,2-9,11H2,1H3. The lowest BCUT2D eigenvalue weighted by Gasteiger charge is -2.26. The number of hydrogen-bond donors (Lipinski definition) is 1. The van der Waals surface area contributed by atoms with Crippen LogP contribution in [0.4, 0.5) is 0 Å². The third-order valence-corrected chi connectivity index (χ3v) is 3.30. The van der Waals surface area contributed by atoms with Gasteiger partial charge in [0, 0.05) is 18.3 Å². The summed E-state index contributed by atoms with van der Waals surface area (Å²) in [4.78, 5) is 2.59. The van der Waals surface area contributed by atoms with Gasteiger partial charge in [-0.25, -0.2) is 0 Å². The fourth-order valence-electron chi connectivity index (χ4n) is 1.85. The zero-order valence-corrected chi connectivity index (χ0v) is 9.48. The first-order chi connectivity index (χ1) is 6.33. The van der Waals surface area contributed by atoms with Crippen LogP contribution in [0.3, 0.4) is 0 Å². The van der Waals surface area contributed by atoms with Crippen LogP contribution in [0.5, 0.6) is 0 Å². The van der Waals surface area contributed by atoms with Crippen molar-refractivity contribution in [2.45, 2.75) is 31.7 Å². The van der Waals surface area contributed by atoms with Gasteiger partial charge in [0.15, 0.2) is 0 Å². The topological polar surface area (TPSA) is 29.3 Å². The molecule has 0 aromatic rings. The van der Waals surface area contributed by atoms with Crippen molar-refractivity contribution in [2.24, 2.45) is 5.73 Å². The second-order valence-corrected chi connectivity index (χ2v) is 4.86. The summed E-state index contributed by atoms with van der Waals surface area (Å²) in [5.74, 6) is 1.27. The SMILES string of the molecule is CSCCN1CCCC(N)CCC1. The van der Waals surface area contributed by atoms with Crippen molar-refractivity contribution in [2.75, 3.05) is 31.6 Å². The van der Waals surface area contributed by atoms with Gasteiger partial charge in [-0.2, -0.15) is 11.8 Å². The molecule has 0 aliphatic carbocycles. The van der Waals surface area contributed by atoms with Crippen molar-refractivity contribution in [3.63, 3.8) is 0 Å². The number of rotatable bonds is 3. The Balaban J connectivity index is 2.16. The van der Waals surface area contributed by atoms with Gasteiger partial charge in [0.2, 0.25) is 0 Å². The molecule has 0 unspecified atom stereocenters. The van der Waals surface area contributed by atoms with E-state index in [0.29, 0.717) is 6.04 Å². The van der Waals surface area contributed by atoms with Crippen LogP contribution < -0.4 is 5.73 Å². The molecule has 0 atom stereocenters. The summed E-state index contributed by atoms with van der Waals surface area (Å²) in [5, 5.41) is 0. The van der Waals surface area contributed by atoms with Crippen molar-refractivity contribution in [3.8, 4) is 0 Å². The van der Waals surface area contributed by atoms with Crippen LogP contribution in [0.15, 0.2) is 0 Å². The maximum Gasteiger partial charge on any atom is 0.00722 e. The maximum absolute atomic E-state index is 5.93. The largest absolute Gasteiger partial charge is 0.328 e. The molecule has 2 nitrogen and oxygen atoms in total. The highest BCUT2D eigenvalue weighted by Gasteiger charge is 2.11. The molecule has 1 aliphatic rings. The summed E-state index contributed by atoms with van der Waals surface area (Å²) >= 11 is 1.94. The molecule has 0 radical (unpaired) electrons. The van der Waals surface area contributed by atoms with Gasteiger partial charge in [-0.15, -0.1) is 0 Å². The van der Waals surface area contributed by atoms with Gasteiger partial charge in [-0.1, -0.05) is 0 Å². The lowest BCUT2D eigenvalue weighted by molar-refractivity contribution is 0.253. The summed E-state index contributed by atoms with van der Waals surface area (Å²) in [6, 6.07) is 0.475. The fraction of sp³-hybridized carbons (Fsp3) is 1.00. The number of hydrogen-bond acceptors (Lipinski definition) is 3. The molecule has 1 heterocycles. The van der Waals surface area contributed by atoms with E-state index in [-0.39, 0.29) is 0 Å². The molecule has 1 aliphatic heterocycles. The molecule has 0 bridgehead atoms. The van der Waals surface area contributed by atoms with Crippen LogP contribution in [0, 0.1) is 0 Å². The lowest BCUT2D eigenvalue weighted by atomic mass is 10.0. The summed E-state index contributed by atoms with van der Waals surface area (Å²) in [6.07, 6.45) is 7.19. The van der Waals surface area contributed by atoms with Gasteiger partial charge in [-0.05, 0) is 45.0 Å². The Morgan fingerprint density at radius 3 is 2.46 bits per heavy atom. The monoisotopic (exact) mass is 202 g/mol. The van der Waals surface area contributed by atoms with E-state index >= 15 is 0 Å². The molecule has 0 aromatic heterocycles. The van der Waals surface area contributed by atoms with Gasteiger partial charge in [-0.3, -0.25) is 0 Å². The number of nitrogens with zero attached hydrogens (tertiary/aromatic N) is 1. The Morgan fingerprint density at radius 2 is 1.92 bits per heavy atom. The molecule has 78 valence electrons. The predicted molar refractivity (Wildman–Crippen MR) is 61.3 cm³/mol. The molecule has 0 spiro atoms. The molecule has 0 aromatic carbocycles. The summed E-state index contributed by atoms with van der Waals surface area (Å²) in [6.45, 7) is 3.78. The molecule has 13 heavy (non-hydrogen) atoms. The van der Waals surface area contributed by atoms with Crippen LogP contribution >= 0.6 is 11.8 Å². The minimum absolute atomic E-state index is 0.475. The third-order valence-electron chi connectivity index (χ3n) is 2.71. The number of nitrogens with two attached hydrogens (primary N) is 1. The molecule has 0 saturated carbocycles. The van der Waals surface area contributed by atoms with Crippen LogP contribution in [0.1, 0.15) is 25.7 Å². The Kier molecular flexibility index (Phi) is 5.83. The molecule has 3 heteroatoms. The van der Waals surface area contributed by atoms with Gasteiger partial charge >= 0.3 is 0 Å². The number of thioether (sulfide) groups is 1. The highest BCUT2D eigenvalue weighted by atomic mass is 32.2. The van der Waals surface area contributed by atoms with Crippen molar-refractivity contribution >= 4 is 11.8 Å². The van der Waals surface area contributed by atoms with E-state index < -0.39 is 0 Å². The van der Waals surface area contributed by atoms with Gasteiger partial charge in [0.1, 0.15) is 0 Å². The molecule has 2 N–H and O–H groups in total. The first-order valence-corrected chi connectivity index (χ1v) is 6.69. The Bertz CT molecular complexity index is 120. The molecule has 1 saturated heterocycles. The smallest absolute Gasteiger partial charge is 0.00722 e. The first-order valence-electron chi connectivity index (χ1n) is 5.30. The minimum Gasteiger partial charge on any atom is -0.328 e. The second kappa shape index (κ2) is 6.68. The predicted octanol–water partition coefficient (Wildman–Crippen LogP) is 1.55. The zero-order chi connectivity index (χ0) is 9.52. The summed E-state index contributed by atoms with van der Waals surface area (Å²) < 4.78 is 0. The molecule has 1 rings (SSSR count). The maximum atomic E-state index is 5.93. The fourth-order valence-corrected chi connectivity index (χ4v) is 2.30. The average Bonchev–Trinajstić information content (AvgIpc) is 2.09. The quantitative estimate of drug-likeness (QED) is 0.753. The Hall–Kier alpha value is 0.270. The van der Waals surface area contributed by atoms with Crippen LogP contribution in [0.25, 0.3) is 0 Å². The van der Waals surface area contributed by atoms with Crippen LogP contribution in [0.2, 0.25) is 0 Å². The molecular formula is C10H22N2S. The normalized spacial score (nSPS) is 22.6. The van der Waals surface area contributed by atoms with Gasteiger partial charge in [0.25, 0.3) is 0 Å². The van der Waals surface area contributed by atoms with Crippen molar-refractivity contribution in [1.29, 1.82) is 0 Å². The van der Waals surface area contributed by atoms with E-state index in [9.17, 15) is 0 Å². The second-order valence-electron chi connectivity index (χ2n) is 3.88. The van der Waals surface area contributed by atoms with E-state index in [4.69, 9.17) is 5.73 Å². The third kappa shape index (κ3) is 4.89. The highest BCUT2D eigenvalue weighted by molar-refractivity contribution is 7.98. The molecule has 1 fully saturated rings. The van der Waals surface area contributed by atoms with E-state index in [1.54, 1.807) is 0 Å². The van der Waals surface area contributed by atoms with E-state index in [2.05, 4.69) is 11.2 Å². The average molecular weight is 202 g/mol. The minimum atomic E-state index is 0.475. The van der Waals surface area contributed by atoms with E-state index in [1.807, 2.05) is 11.8 Å². The summed E-state index contributed by atoms with van der Waals surface area (Å²) in [5.41, 5.74) is 5.93. The van der Waals surface area contributed by atoms with E-state index in [1.165, 1.54) is 51.1 Å². The van der Waals surface area contributed by atoms with Gasteiger partial charge < -0.3 is 10.6 Å². The van der Waals surface area contributed by atoms with Crippen molar-refractivity contribution in [1.82, 2.24) is 4.90 Å². The number of likely N-dealkylation sites (tertiary alicyclic amines) is 1.